The van der Waals surface area contributed by atoms with Gasteiger partial charge in [0, 0.05) is 10.8 Å². The van der Waals surface area contributed by atoms with Crippen LogP contribution in [0.1, 0.15) is 47.4 Å². The van der Waals surface area contributed by atoms with Gasteiger partial charge in [0.2, 0.25) is 0 Å². The highest BCUT2D eigenvalue weighted by Gasteiger charge is 2.35. The molecule has 0 fully saturated rings. The van der Waals surface area contributed by atoms with Crippen LogP contribution in [0.15, 0.2) is 12.1 Å². The Bertz CT molecular complexity index is 750. The summed E-state index contributed by atoms with van der Waals surface area (Å²) in [6, 6.07) is 2.68. The lowest BCUT2D eigenvalue weighted by molar-refractivity contribution is 0.0698. The van der Waals surface area contributed by atoms with Gasteiger partial charge in [0.15, 0.2) is 0 Å². The number of hydrogen-bond acceptors (Lipinski definition) is 2. The Labute approximate surface area is 116 Å². The number of carboxylic acid groups (broad SMARTS) is 1. The number of pyridine rings is 1. The molecule has 20 heavy (non-hydrogen) atoms. The first-order valence-electron chi connectivity index (χ1n) is 6.68. The number of aromatic nitrogens is 1. The summed E-state index contributed by atoms with van der Waals surface area (Å²) < 4.78 is 13.6. The molecule has 3 rings (SSSR count). The topological polar surface area (TPSA) is 50.2 Å². The highest BCUT2D eigenvalue weighted by atomic mass is 19.1. The summed E-state index contributed by atoms with van der Waals surface area (Å²) in [6.45, 7) is 5.91. The summed E-state index contributed by atoms with van der Waals surface area (Å²) in [5.74, 6) is -1.42. The average Bonchev–Trinajstić information content (AvgIpc) is 2.62. The summed E-state index contributed by atoms with van der Waals surface area (Å²) in [7, 11) is 0. The van der Waals surface area contributed by atoms with E-state index >= 15 is 0 Å². The molecule has 1 aliphatic carbocycles. The highest BCUT2D eigenvalue weighted by Crippen LogP contribution is 2.41. The molecule has 1 heterocycles. The quantitative estimate of drug-likeness (QED) is 0.863. The van der Waals surface area contributed by atoms with E-state index < -0.39 is 11.8 Å². The number of hydrogen-bond donors (Lipinski definition) is 1. The van der Waals surface area contributed by atoms with E-state index in [4.69, 9.17) is 0 Å². The van der Waals surface area contributed by atoms with Gasteiger partial charge in [-0.2, -0.15) is 0 Å². The molecule has 0 bridgehead atoms. The van der Waals surface area contributed by atoms with Gasteiger partial charge in [-0.3, -0.25) is 4.98 Å². The Balaban J connectivity index is 2.51. The third-order valence-corrected chi connectivity index (χ3v) is 4.20. The lowest BCUT2D eigenvalue weighted by Crippen LogP contribution is -2.15. The SMILES string of the molecule is Cc1cc(F)cc2c(C(=O)O)c3c(nc12)C(C)(C)CC3. The first-order valence-corrected chi connectivity index (χ1v) is 6.68. The molecule has 0 saturated carbocycles. The van der Waals surface area contributed by atoms with E-state index in [-0.39, 0.29) is 11.0 Å². The van der Waals surface area contributed by atoms with Crippen LogP contribution in [-0.2, 0) is 11.8 Å². The molecule has 1 aromatic heterocycles. The van der Waals surface area contributed by atoms with Gasteiger partial charge in [-0.25, -0.2) is 9.18 Å². The van der Waals surface area contributed by atoms with E-state index in [1.807, 2.05) is 0 Å². The first kappa shape index (κ1) is 13.0. The monoisotopic (exact) mass is 273 g/mol. The van der Waals surface area contributed by atoms with Crippen LogP contribution in [0.2, 0.25) is 0 Å². The van der Waals surface area contributed by atoms with Gasteiger partial charge >= 0.3 is 5.97 Å². The van der Waals surface area contributed by atoms with Gasteiger partial charge in [-0.15, -0.1) is 0 Å². The molecular formula is C16H16FNO2. The summed E-state index contributed by atoms with van der Waals surface area (Å²) in [6.07, 6.45) is 1.55. The molecule has 4 heteroatoms. The summed E-state index contributed by atoms with van der Waals surface area (Å²) in [5.41, 5.74) is 2.97. The molecular weight excluding hydrogens is 257 g/mol. The Morgan fingerprint density at radius 1 is 1.40 bits per heavy atom. The Morgan fingerprint density at radius 3 is 2.75 bits per heavy atom. The van der Waals surface area contributed by atoms with Gasteiger partial charge in [0.25, 0.3) is 0 Å². The number of aryl methyl sites for hydroxylation is 1. The van der Waals surface area contributed by atoms with Gasteiger partial charge in [0.1, 0.15) is 5.82 Å². The van der Waals surface area contributed by atoms with E-state index in [1.54, 1.807) is 6.92 Å². The Hall–Kier alpha value is -1.97. The Morgan fingerprint density at radius 2 is 2.10 bits per heavy atom. The normalized spacial score (nSPS) is 16.4. The molecule has 3 nitrogen and oxygen atoms in total. The van der Waals surface area contributed by atoms with Crippen LogP contribution in [0.3, 0.4) is 0 Å². The number of carbonyl (C=O) groups is 1. The molecule has 0 amide bonds. The summed E-state index contributed by atoms with van der Waals surface area (Å²) in [5, 5.41) is 9.96. The maximum absolute atomic E-state index is 13.6. The molecule has 0 spiro atoms. The molecule has 104 valence electrons. The lowest BCUT2D eigenvalue weighted by Gasteiger charge is -2.19. The van der Waals surface area contributed by atoms with Crippen LogP contribution in [0.5, 0.6) is 0 Å². The molecule has 0 aliphatic heterocycles. The zero-order valence-corrected chi connectivity index (χ0v) is 11.7. The smallest absolute Gasteiger partial charge is 0.336 e. The minimum Gasteiger partial charge on any atom is -0.478 e. The van der Waals surface area contributed by atoms with Crippen molar-refractivity contribution in [3.05, 3.63) is 40.3 Å². The summed E-state index contributed by atoms with van der Waals surface area (Å²) in [4.78, 5) is 16.3. The fraction of sp³-hybridized carbons (Fsp3) is 0.375. The number of benzene rings is 1. The van der Waals surface area contributed by atoms with Crippen LogP contribution >= 0.6 is 0 Å². The Kier molecular flexibility index (Phi) is 2.61. The predicted molar refractivity (Wildman–Crippen MR) is 74.7 cm³/mol. The standard InChI is InChI=1S/C16H16FNO2/c1-8-6-9(17)7-11-12(15(19)20)10-4-5-16(2,3)14(10)18-13(8)11/h6-7H,4-5H2,1-3H3,(H,19,20). The lowest BCUT2D eigenvalue weighted by atomic mass is 9.89. The largest absolute Gasteiger partial charge is 0.478 e. The van der Waals surface area contributed by atoms with Crippen LogP contribution < -0.4 is 0 Å². The van der Waals surface area contributed by atoms with Crippen molar-refractivity contribution in [3.8, 4) is 0 Å². The summed E-state index contributed by atoms with van der Waals surface area (Å²) >= 11 is 0. The average molecular weight is 273 g/mol. The highest BCUT2D eigenvalue weighted by molar-refractivity contribution is 6.05. The number of halogens is 1. The zero-order valence-electron chi connectivity index (χ0n) is 11.7. The maximum atomic E-state index is 13.6. The van der Waals surface area contributed by atoms with Crippen molar-refractivity contribution in [2.24, 2.45) is 0 Å². The first-order chi connectivity index (χ1) is 9.31. The second-order valence-corrected chi connectivity index (χ2v) is 6.12. The predicted octanol–water partition coefficient (Wildman–Crippen LogP) is 3.60. The van der Waals surface area contributed by atoms with Crippen molar-refractivity contribution in [3.63, 3.8) is 0 Å². The molecule has 1 aliphatic rings. The fourth-order valence-corrected chi connectivity index (χ4v) is 3.14. The van der Waals surface area contributed by atoms with E-state index in [1.165, 1.54) is 12.1 Å². The van der Waals surface area contributed by atoms with Crippen LogP contribution in [0, 0.1) is 12.7 Å². The number of fused-ring (bicyclic) bond motifs is 2. The van der Waals surface area contributed by atoms with E-state index in [0.717, 1.165) is 17.7 Å². The van der Waals surface area contributed by atoms with E-state index in [0.29, 0.717) is 22.9 Å². The van der Waals surface area contributed by atoms with Crippen molar-refractivity contribution in [2.45, 2.75) is 39.0 Å². The number of carboxylic acids is 1. The molecule has 0 saturated heterocycles. The van der Waals surface area contributed by atoms with Crippen molar-refractivity contribution in [1.29, 1.82) is 0 Å². The van der Waals surface area contributed by atoms with Gasteiger partial charge in [-0.05, 0) is 43.0 Å². The number of rotatable bonds is 1. The van der Waals surface area contributed by atoms with Crippen LogP contribution in [-0.4, -0.2) is 16.1 Å². The molecule has 1 aromatic carbocycles. The minimum absolute atomic E-state index is 0.130. The minimum atomic E-state index is -1.00. The third kappa shape index (κ3) is 1.71. The van der Waals surface area contributed by atoms with Gasteiger partial charge in [0.05, 0.1) is 16.8 Å². The molecule has 0 radical (unpaired) electrons. The number of nitrogens with zero attached hydrogens (tertiary/aromatic N) is 1. The second-order valence-electron chi connectivity index (χ2n) is 6.12. The zero-order chi connectivity index (χ0) is 14.7. The van der Waals surface area contributed by atoms with Crippen molar-refractivity contribution in [2.75, 3.05) is 0 Å². The van der Waals surface area contributed by atoms with Crippen molar-refractivity contribution < 1.29 is 14.3 Å². The van der Waals surface area contributed by atoms with Crippen LogP contribution in [0.4, 0.5) is 4.39 Å². The fourth-order valence-electron chi connectivity index (χ4n) is 3.14. The molecule has 2 aromatic rings. The number of aromatic carboxylic acids is 1. The van der Waals surface area contributed by atoms with E-state index in [2.05, 4.69) is 18.8 Å². The maximum Gasteiger partial charge on any atom is 0.336 e. The molecule has 0 unspecified atom stereocenters. The van der Waals surface area contributed by atoms with Gasteiger partial charge < -0.3 is 5.11 Å². The van der Waals surface area contributed by atoms with E-state index in [9.17, 15) is 14.3 Å². The molecule has 0 atom stereocenters. The molecule has 1 N–H and O–H groups in total. The second kappa shape index (κ2) is 4.01. The van der Waals surface area contributed by atoms with Crippen molar-refractivity contribution in [1.82, 2.24) is 4.98 Å². The van der Waals surface area contributed by atoms with Crippen molar-refractivity contribution >= 4 is 16.9 Å². The third-order valence-electron chi connectivity index (χ3n) is 4.20. The van der Waals surface area contributed by atoms with Crippen LogP contribution in [0.25, 0.3) is 10.9 Å². The van der Waals surface area contributed by atoms with Gasteiger partial charge in [-0.1, -0.05) is 13.8 Å².